The number of aliphatic hydroxyl groups is 3. The van der Waals surface area contributed by atoms with Crippen molar-refractivity contribution in [2.75, 3.05) is 13.7 Å². The Hall–Kier alpha value is -2.85. The summed E-state index contributed by atoms with van der Waals surface area (Å²) in [4.78, 5) is 10.9. The van der Waals surface area contributed by atoms with Gasteiger partial charge in [0.1, 0.15) is 42.0 Å². The molecule has 1 heterocycles. The third kappa shape index (κ3) is 5.13. The summed E-state index contributed by atoms with van der Waals surface area (Å²) < 4.78 is 21.6. The first kappa shape index (κ1) is 23.8. The summed E-state index contributed by atoms with van der Waals surface area (Å²) in [5.74, 6) is 1.16. The van der Waals surface area contributed by atoms with Gasteiger partial charge in [-0.25, -0.2) is 4.79 Å². The molecule has 1 aliphatic rings. The average molecular weight is 448 g/mol. The van der Waals surface area contributed by atoms with E-state index in [-0.39, 0.29) is 6.42 Å². The van der Waals surface area contributed by atoms with E-state index < -0.39 is 43.0 Å². The summed E-state index contributed by atoms with van der Waals surface area (Å²) in [7, 11) is 1.59. The molecule has 3 rings (SSSR count). The van der Waals surface area contributed by atoms with E-state index in [1.165, 1.54) is 0 Å². The second kappa shape index (κ2) is 10.2. The van der Waals surface area contributed by atoms with Crippen LogP contribution in [0.2, 0.25) is 0 Å². The maximum Gasteiger partial charge on any atom is 0.505 e. The van der Waals surface area contributed by atoms with Gasteiger partial charge in [0, 0.05) is 6.42 Å². The lowest BCUT2D eigenvalue weighted by Gasteiger charge is -2.47. The highest BCUT2D eigenvalue weighted by atomic mass is 16.7. The summed E-state index contributed by atoms with van der Waals surface area (Å²) >= 11 is 0. The van der Waals surface area contributed by atoms with Crippen LogP contribution in [0.1, 0.15) is 24.5 Å². The largest absolute Gasteiger partial charge is 0.505 e. The Bertz CT molecular complexity index is 901. The number of carbonyl (C=O) groups is 1. The van der Waals surface area contributed by atoms with Crippen LogP contribution in [-0.4, -0.2) is 70.5 Å². The van der Waals surface area contributed by atoms with Crippen molar-refractivity contribution in [2.45, 2.75) is 50.0 Å². The topological polar surface area (TPSA) is 135 Å². The van der Waals surface area contributed by atoms with E-state index in [2.05, 4.69) is 4.74 Å². The first-order valence-electron chi connectivity index (χ1n) is 10.2. The number of rotatable bonds is 8. The monoisotopic (exact) mass is 448 g/mol. The van der Waals surface area contributed by atoms with Gasteiger partial charge in [0.05, 0.1) is 7.11 Å². The minimum absolute atomic E-state index is 0.110. The predicted octanol–water partition coefficient (Wildman–Crippen LogP) is 1.95. The number of para-hydroxylation sites is 1. The molecule has 4 N–H and O–H groups in total. The molecule has 9 nitrogen and oxygen atoms in total. The van der Waals surface area contributed by atoms with Crippen LogP contribution in [0.4, 0.5) is 4.79 Å². The lowest BCUT2D eigenvalue weighted by Crippen LogP contribution is -2.67. The van der Waals surface area contributed by atoms with Crippen molar-refractivity contribution in [3.8, 4) is 11.5 Å². The van der Waals surface area contributed by atoms with Gasteiger partial charge in [0.2, 0.25) is 6.29 Å². The van der Waals surface area contributed by atoms with Crippen LogP contribution in [0.25, 0.3) is 0 Å². The summed E-state index contributed by atoms with van der Waals surface area (Å²) in [6.07, 6.45) is -7.03. The van der Waals surface area contributed by atoms with Gasteiger partial charge in [0.15, 0.2) is 0 Å². The van der Waals surface area contributed by atoms with Gasteiger partial charge < -0.3 is 39.4 Å². The van der Waals surface area contributed by atoms with Crippen molar-refractivity contribution in [2.24, 2.45) is 0 Å². The summed E-state index contributed by atoms with van der Waals surface area (Å²) in [6.45, 7) is 1.12. The molecule has 9 heteroatoms. The van der Waals surface area contributed by atoms with Crippen molar-refractivity contribution in [3.05, 3.63) is 59.7 Å². The Morgan fingerprint density at radius 1 is 1.06 bits per heavy atom. The summed E-state index contributed by atoms with van der Waals surface area (Å²) in [5, 5.41) is 40.2. The minimum atomic E-state index is -1.63. The van der Waals surface area contributed by atoms with Crippen LogP contribution in [0, 0.1) is 0 Å². The highest BCUT2D eigenvalue weighted by Gasteiger charge is 2.54. The number of carboxylic acid groups (broad SMARTS) is 1. The van der Waals surface area contributed by atoms with E-state index >= 15 is 0 Å². The number of benzene rings is 2. The van der Waals surface area contributed by atoms with Crippen LogP contribution in [0.3, 0.4) is 0 Å². The lowest BCUT2D eigenvalue weighted by molar-refractivity contribution is -0.319. The third-order valence-electron chi connectivity index (χ3n) is 5.65. The molecule has 0 aromatic heterocycles. The lowest BCUT2D eigenvalue weighted by atomic mass is 9.85. The molecule has 0 amide bonds. The van der Waals surface area contributed by atoms with Gasteiger partial charge >= 0.3 is 6.16 Å². The van der Waals surface area contributed by atoms with Crippen LogP contribution < -0.4 is 9.47 Å². The van der Waals surface area contributed by atoms with Crippen molar-refractivity contribution in [1.29, 1.82) is 0 Å². The number of ether oxygens (including phenoxy) is 4. The molecule has 174 valence electrons. The average Bonchev–Trinajstić information content (AvgIpc) is 2.80. The van der Waals surface area contributed by atoms with Crippen LogP contribution >= 0.6 is 0 Å². The SMILES string of the molecule is CC[C@]1(COC(=O)O)O[C@H](Oc2ccccc2Cc2ccc(OC)cc2)[C@H](O)[C@@H](O)[C@@H]1O. The minimum Gasteiger partial charge on any atom is -0.497 e. The van der Waals surface area contributed by atoms with E-state index in [0.29, 0.717) is 12.2 Å². The molecule has 2 aromatic carbocycles. The first-order chi connectivity index (χ1) is 15.3. The molecule has 0 bridgehead atoms. The van der Waals surface area contributed by atoms with Crippen molar-refractivity contribution in [3.63, 3.8) is 0 Å². The van der Waals surface area contributed by atoms with Crippen molar-refractivity contribution >= 4 is 6.16 Å². The Kier molecular flexibility index (Phi) is 7.57. The van der Waals surface area contributed by atoms with Crippen molar-refractivity contribution in [1.82, 2.24) is 0 Å². The zero-order valence-corrected chi connectivity index (χ0v) is 17.9. The van der Waals surface area contributed by atoms with E-state index in [0.717, 1.165) is 16.9 Å². The molecular weight excluding hydrogens is 420 g/mol. The van der Waals surface area contributed by atoms with Crippen LogP contribution in [0.15, 0.2) is 48.5 Å². The number of methoxy groups -OCH3 is 1. The van der Waals surface area contributed by atoms with Gasteiger partial charge in [-0.05, 0) is 35.7 Å². The Labute approximate surface area is 185 Å². The molecule has 1 aliphatic heterocycles. The summed E-state index contributed by atoms with van der Waals surface area (Å²) in [5.41, 5.74) is 0.227. The third-order valence-corrected chi connectivity index (χ3v) is 5.65. The molecule has 32 heavy (non-hydrogen) atoms. The fraction of sp³-hybridized carbons (Fsp3) is 0.435. The molecule has 1 saturated heterocycles. The van der Waals surface area contributed by atoms with E-state index in [1.807, 2.05) is 36.4 Å². The van der Waals surface area contributed by atoms with Gasteiger partial charge in [-0.15, -0.1) is 0 Å². The zero-order valence-electron chi connectivity index (χ0n) is 17.9. The number of hydrogen-bond donors (Lipinski definition) is 4. The molecule has 0 unspecified atom stereocenters. The van der Waals surface area contributed by atoms with Gasteiger partial charge in [0.25, 0.3) is 0 Å². The fourth-order valence-corrected chi connectivity index (χ4v) is 3.67. The molecule has 0 spiro atoms. The Morgan fingerprint density at radius 3 is 2.38 bits per heavy atom. The molecular formula is C23H28O9. The smallest absolute Gasteiger partial charge is 0.497 e. The van der Waals surface area contributed by atoms with E-state index in [1.54, 1.807) is 26.2 Å². The normalized spacial score (nSPS) is 27.5. The van der Waals surface area contributed by atoms with Gasteiger partial charge in [-0.1, -0.05) is 37.3 Å². The highest BCUT2D eigenvalue weighted by Crippen LogP contribution is 2.35. The Balaban J connectivity index is 1.82. The maximum atomic E-state index is 10.9. The maximum absolute atomic E-state index is 10.9. The molecule has 0 saturated carbocycles. The Morgan fingerprint density at radius 2 is 1.75 bits per heavy atom. The highest BCUT2D eigenvalue weighted by molar-refractivity contribution is 5.56. The summed E-state index contributed by atoms with van der Waals surface area (Å²) in [6, 6.07) is 14.7. The molecule has 1 fully saturated rings. The quantitative estimate of drug-likeness (QED) is 0.447. The molecule has 2 aromatic rings. The zero-order chi connectivity index (χ0) is 23.3. The fourth-order valence-electron chi connectivity index (χ4n) is 3.67. The predicted molar refractivity (Wildman–Crippen MR) is 113 cm³/mol. The molecule has 0 aliphatic carbocycles. The van der Waals surface area contributed by atoms with Gasteiger partial charge in [-0.2, -0.15) is 0 Å². The van der Waals surface area contributed by atoms with Crippen LogP contribution in [0.5, 0.6) is 11.5 Å². The van der Waals surface area contributed by atoms with Crippen LogP contribution in [-0.2, 0) is 15.9 Å². The van der Waals surface area contributed by atoms with E-state index in [4.69, 9.17) is 19.3 Å². The van der Waals surface area contributed by atoms with Crippen molar-refractivity contribution < 1.29 is 44.2 Å². The standard InChI is InChI=1S/C23H28O9/c1-3-23(13-30-22(27)28)20(26)18(24)19(25)21(32-23)31-17-7-5-4-6-15(17)12-14-8-10-16(29-2)11-9-14/h4-11,18-21,24-26H,3,12-13H2,1-2H3,(H,27,28)/t18-,19-,20+,21+,23-/m1/s1. The molecule has 5 atom stereocenters. The first-order valence-corrected chi connectivity index (χ1v) is 10.2. The number of aliphatic hydroxyl groups excluding tert-OH is 3. The molecule has 0 radical (unpaired) electrons. The second-order valence-electron chi connectivity index (χ2n) is 7.64. The van der Waals surface area contributed by atoms with Gasteiger partial charge in [-0.3, -0.25) is 0 Å². The van der Waals surface area contributed by atoms with E-state index in [9.17, 15) is 20.1 Å². The second-order valence-corrected chi connectivity index (χ2v) is 7.64. The number of hydrogen-bond acceptors (Lipinski definition) is 8.